The normalized spacial score (nSPS) is 14.2. The lowest BCUT2D eigenvalue weighted by Crippen LogP contribution is -2.37. The van der Waals surface area contributed by atoms with E-state index in [1.807, 2.05) is 0 Å². The summed E-state index contributed by atoms with van der Waals surface area (Å²) in [6.45, 7) is 2.52. The molecule has 1 amide bonds. The first kappa shape index (κ1) is 22.7. The molecule has 172 valence electrons. The van der Waals surface area contributed by atoms with Crippen LogP contribution in [0.1, 0.15) is 11.5 Å². The fourth-order valence-corrected chi connectivity index (χ4v) is 4.07. The SMILES string of the molecule is CS(=O)(=O)Cc1cc(N2CCOCC2)nc(-c2ccc(NC(=O)Cc3ncccn3)cc2)n1. The number of nitrogens with one attached hydrogen (secondary N) is 1. The third-order valence-electron chi connectivity index (χ3n) is 4.88. The first-order chi connectivity index (χ1) is 15.9. The molecule has 1 saturated heterocycles. The molecule has 3 aromatic rings. The molecule has 0 unspecified atom stereocenters. The molecule has 1 aliphatic heterocycles. The van der Waals surface area contributed by atoms with Crippen LogP contribution >= 0.6 is 0 Å². The highest BCUT2D eigenvalue weighted by molar-refractivity contribution is 7.89. The van der Waals surface area contributed by atoms with E-state index in [0.29, 0.717) is 60.7 Å². The maximum Gasteiger partial charge on any atom is 0.232 e. The third kappa shape index (κ3) is 6.53. The highest BCUT2D eigenvalue weighted by Gasteiger charge is 2.17. The lowest BCUT2D eigenvalue weighted by Gasteiger charge is -2.28. The highest BCUT2D eigenvalue weighted by atomic mass is 32.2. The Labute approximate surface area is 192 Å². The number of benzene rings is 1. The van der Waals surface area contributed by atoms with Gasteiger partial charge in [0, 0.05) is 49.1 Å². The number of rotatable bonds is 7. The van der Waals surface area contributed by atoms with Crippen LogP contribution in [-0.2, 0) is 31.5 Å². The van der Waals surface area contributed by atoms with Crippen LogP contribution in [0.4, 0.5) is 11.5 Å². The average Bonchev–Trinajstić information content (AvgIpc) is 2.79. The minimum absolute atomic E-state index is 0.0716. The summed E-state index contributed by atoms with van der Waals surface area (Å²) in [6.07, 6.45) is 4.43. The maximum atomic E-state index is 12.2. The van der Waals surface area contributed by atoms with Crippen LogP contribution in [0.2, 0.25) is 0 Å². The predicted molar refractivity (Wildman–Crippen MR) is 123 cm³/mol. The first-order valence-corrected chi connectivity index (χ1v) is 12.5. The molecule has 1 aromatic carbocycles. The molecular formula is C22H24N6O4S. The van der Waals surface area contributed by atoms with Crippen molar-refractivity contribution < 1.29 is 17.9 Å². The number of nitrogens with zero attached hydrogens (tertiary/aromatic N) is 5. The number of ether oxygens (including phenoxy) is 1. The molecule has 0 atom stereocenters. The van der Waals surface area contributed by atoms with Gasteiger partial charge in [-0.2, -0.15) is 0 Å². The van der Waals surface area contributed by atoms with Gasteiger partial charge in [-0.05, 0) is 30.3 Å². The molecule has 0 bridgehead atoms. The number of morpholine rings is 1. The van der Waals surface area contributed by atoms with Gasteiger partial charge in [-0.15, -0.1) is 0 Å². The summed E-state index contributed by atoms with van der Waals surface area (Å²) in [5.41, 5.74) is 1.76. The lowest BCUT2D eigenvalue weighted by atomic mass is 10.2. The van der Waals surface area contributed by atoms with Crippen LogP contribution in [0.5, 0.6) is 0 Å². The van der Waals surface area contributed by atoms with E-state index in [9.17, 15) is 13.2 Å². The van der Waals surface area contributed by atoms with E-state index >= 15 is 0 Å². The molecule has 1 aliphatic rings. The van der Waals surface area contributed by atoms with Crippen molar-refractivity contribution in [2.75, 3.05) is 42.8 Å². The van der Waals surface area contributed by atoms with E-state index in [-0.39, 0.29) is 18.1 Å². The summed E-state index contributed by atoms with van der Waals surface area (Å²) in [7, 11) is -3.26. The lowest BCUT2D eigenvalue weighted by molar-refractivity contribution is -0.115. The molecule has 11 heteroatoms. The van der Waals surface area contributed by atoms with Crippen LogP contribution < -0.4 is 10.2 Å². The Bertz CT molecular complexity index is 1210. The molecule has 1 fully saturated rings. The zero-order valence-electron chi connectivity index (χ0n) is 18.1. The summed E-state index contributed by atoms with van der Waals surface area (Å²) in [6, 6.07) is 10.5. The largest absolute Gasteiger partial charge is 0.378 e. The van der Waals surface area contributed by atoms with E-state index in [2.05, 4.69) is 30.2 Å². The number of hydrogen-bond acceptors (Lipinski definition) is 9. The Morgan fingerprint density at radius 2 is 1.79 bits per heavy atom. The number of amides is 1. The van der Waals surface area contributed by atoms with Crippen LogP contribution in [0, 0.1) is 0 Å². The second-order valence-corrected chi connectivity index (χ2v) is 9.82. The Morgan fingerprint density at radius 1 is 1.09 bits per heavy atom. The molecule has 3 heterocycles. The van der Waals surface area contributed by atoms with Crippen molar-refractivity contribution in [2.24, 2.45) is 0 Å². The Hall–Kier alpha value is -3.44. The van der Waals surface area contributed by atoms with Crippen molar-refractivity contribution >= 4 is 27.2 Å². The van der Waals surface area contributed by atoms with E-state index in [1.54, 1.807) is 48.8 Å². The van der Waals surface area contributed by atoms with Crippen LogP contribution in [0.15, 0.2) is 48.8 Å². The molecular weight excluding hydrogens is 444 g/mol. The van der Waals surface area contributed by atoms with Gasteiger partial charge in [0.1, 0.15) is 11.6 Å². The van der Waals surface area contributed by atoms with E-state index in [4.69, 9.17) is 4.74 Å². The molecule has 33 heavy (non-hydrogen) atoms. The molecule has 1 N–H and O–H groups in total. The molecule has 2 aromatic heterocycles. The summed E-state index contributed by atoms with van der Waals surface area (Å²) >= 11 is 0. The summed E-state index contributed by atoms with van der Waals surface area (Å²) < 4.78 is 29.1. The van der Waals surface area contributed by atoms with Crippen molar-refractivity contribution in [3.05, 3.63) is 60.3 Å². The zero-order valence-corrected chi connectivity index (χ0v) is 19.0. The molecule has 0 radical (unpaired) electrons. The minimum atomic E-state index is -3.26. The van der Waals surface area contributed by atoms with E-state index < -0.39 is 9.84 Å². The highest BCUT2D eigenvalue weighted by Crippen LogP contribution is 2.23. The standard InChI is InChI=1S/C22H24N6O4S/c1-33(30,31)15-18-13-20(28-9-11-32-12-10-28)27-22(26-18)16-3-5-17(6-4-16)25-21(29)14-19-23-7-2-8-24-19/h2-8,13H,9-12,14-15H2,1H3,(H,25,29). The number of carbonyl (C=O) groups excluding carboxylic acids is 1. The molecule has 0 saturated carbocycles. The predicted octanol–water partition coefficient (Wildman–Crippen LogP) is 1.50. The smallest absolute Gasteiger partial charge is 0.232 e. The summed E-state index contributed by atoms with van der Waals surface area (Å²) in [4.78, 5) is 31.5. The van der Waals surface area contributed by atoms with Gasteiger partial charge in [0.15, 0.2) is 15.7 Å². The maximum absolute atomic E-state index is 12.2. The summed E-state index contributed by atoms with van der Waals surface area (Å²) in [5.74, 6) is 1.14. The van der Waals surface area contributed by atoms with Gasteiger partial charge in [-0.25, -0.2) is 28.4 Å². The van der Waals surface area contributed by atoms with Gasteiger partial charge >= 0.3 is 0 Å². The number of aromatic nitrogens is 4. The average molecular weight is 469 g/mol. The Morgan fingerprint density at radius 3 is 2.45 bits per heavy atom. The van der Waals surface area contributed by atoms with E-state index in [1.165, 1.54) is 6.26 Å². The minimum Gasteiger partial charge on any atom is -0.378 e. The monoisotopic (exact) mass is 468 g/mol. The van der Waals surface area contributed by atoms with Gasteiger partial charge in [0.05, 0.1) is 31.1 Å². The van der Waals surface area contributed by atoms with Gasteiger partial charge in [-0.1, -0.05) is 0 Å². The second-order valence-electron chi connectivity index (χ2n) is 7.68. The first-order valence-electron chi connectivity index (χ1n) is 10.4. The number of carbonyl (C=O) groups is 1. The van der Waals surface area contributed by atoms with Crippen LogP contribution in [0.25, 0.3) is 11.4 Å². The van der Waals surface area contributed by atoms with E-state index in [0.717, 1.165) is 0 Å². The quantitative estimate of drug-likeness (QED) is 0.548. The van der Waals surface area contributed by atoms with Gasteiger partial charge in [0.25, 0.3) is 0 Å². The molecule has 10 nitrogen and oxygen atoms in total. The Kier molecular flexibility index (Phi) is 6.90. The molecule has 0 aliphatic carbocycles. The number of sulfone groups is 1. The number of anilines is 2. The fraction of sp³-hybridized carbons (Fsp3) is 0.318. The van der Waals surface area contributed by atoms with Crippen LogP contribution in [0.3, 0.4) is 0 Å². The fourth-order valence-electron chi connectivity index (χ4n) is 3.38. The number of hydrogen-bond donors (Lipinski definition) is 1. The second kappa shape index (κ2) is 10.0. The van der Waals surface area contributed by atoms with Gasteiger partial charge in [0.2, 0.25) is 5.91 Å². The summed E-state index contributed by atoms with van der Waals surface area (Å²) in [5, 5.41) is 2.81. The van der Waals surface area contributed by atoms with Gasteiger partial charge in [-0.3, -0.25) is 4.79 Å². The van der Waals surface area contributed by atoms with Crippen molar-refractivity contribution in [3.63, 3.8) is 0 Å². The van der Waals surface area contributed by atoms with Crippen molar-refractivity contribution in [1.82, 2.24) is 19.9 Å². The van der Waals surface area contributed by atoms with Crippen molar-refractivity contribution in [3.8, 4) is 11.4 Å². The molecule has 4 rings (SSSR count). The molecule has 0 spiro atoms. The Balaban J connectivity index is 1.54. The third-order valence-corrected chi connectivity index (χ3v) is 5.70. The van der Waals surface area contributed by atoms with Crippen molar-refractivity contribution in [2.45, 2.75) is 12.2 Å². The zero-order chi connectivity index (χ0) is 23.3. The topological polar surface area (TPSA) is 127 Å². The van der Waals surface area contributed by atoms with Crippen LogP contribution in [-0.4, -0.2) is 66.8 Å². The van der Waals surface area contributed by atoms with Crippen molar-refractivity contribution in [1.29, 1.82) is 0 Å². The van der Waals surface area contributed by atoms with Gasteiger partial charge < -0.3 is 15.0 Å².